The highest BCUT2D eigenvalue weighted by atomic mass is 15.1. The van der Waals surface area contributed by atoms with Crippen molar-refractivity contribution < 1.29 is 0 Å². The Hall–Kier alpha value is -2.04. The smallest absolute Gasteiger partial charge is 0.233 e. The first kappa shape index (κ1) is 13.0. The zero-order chi connectivity index (χ0) is 12.9. The Kier molecular flexibility index (Phi) is 4.09. The van der Waals surface area contributed by atoms with E-state index in [-0.39, 0.29) is 0 Å². The van der Waals surface area contributed by atoms with Gasteiger partial charge in [0.2, 0.25) is 5.54 Å². The van der Waals surface area contributed by atoms with Gasteiger partial charge in [0.15, 0.2) is 0 Å². The van der Waals surface area contributed by atoms with Gasteiger partial charge in [-0.2, -0.15) is 0 Å². The fraction of sp³-hybridized carbons (Fsp3) is 0.357. The predicted molar refractivity (Wildman–Crippen MR) is 72.0 cm³/mol. The lowest BCUT2D eigenvalue weighted by Gasteiger charge is -2.24. The van der Waals surface area contributed by atoms with Crippen LogP contribution >= 0.6 is 0 Å². The molecule has 0 aliphatic heterocycles. The molecule has 17 heavy (non-hydrogen) atoms. The van der Waals surface area contributed by atoms with Crippen LogP contribution in [0.2, 0.25) is 0 Å². The molecule has 1 rings (SSSR count). The fourth-order valence-electron chi connectivity index (χ4n) is 1.49. The van der Waals surface area contributed by atoms with Crippen molar-refractivity contribution in [2.24, 2.45) is 0 Å². The lowest BCUT2D eigenvalue weighted by atomic mass is 9.99. The Morgan fingerprint density at radius 1 is 1.41 bits per heavy atom. The molecule has 0 bridgehead atoms. The van der Waals surface area contributed by atoms with Crippen molar-refractivity contribution in [2.75, 3.05) is 11.9 Å². The van der Waals surface area contributed by atoms with E-state index in [4.69, 9.17) is 6.57 Å². The molecule has 0 N–H and O–H groups in total. The second-order valence-electron chi connectivity index (χ2n) is 4.55. The van der Waals surface area contributed by atoms with E-state index in [1.165, 1.54) is 0 Å². The number of hydrogen-bond donors (Lipinski definition) is 0. The number of para-hydroxylation sites is 1. The summed E-state index contributed by atoms with van der Waals surface area (Å²) >= 11 is 0. The van der Waals surface area contributed by atoms with Crippen molar-refractivity contribution in [2.45, 2.75) is 25.8 Å². The molecule has 1 aromatic rings. The first-order chi connectivity index (χ1) is 8.00. The molecule has 0 unspecified atom stereocenters. The van der Waals surface area contributed by atoms with Crippen molar-refractivity contribution in [3.63, 3.8) is 0 Å². The average molecular weight is 226 g/mol. The van der Waals surface area contributed by atoms with Gasteiger partial charge in [0.25, 0.3) is 0 Å². The molecule has 0 radical (unpaired) electrons. The molecular formula is C14H16N3-. The monoisotopic (exact) mass is 226 g/mol. The summed E-state index contributed by atoms with van der Waals surface area (Å²) in [5, 5.41) is 9.19. The van der Waals surface area contributed by atoms with Crippen LogP contribution in [0.15, 0.2) is 36.0 Å². The summed E-state index contributed by atoms with van der Waals surface area (Å²) in [5.74, 6) is 2.19. The highest BCUT2D eigenvalue weighted by Crippen LogP contribution is 2.24. The third-order valence-corrected chi connectivity index (χ3v) is 2.58. The molecule has 0 heterocycles. The Morgan fingerprint density at radius 2 is 2.00 bits per heavy atom. The maximum atomic E-state index is 9.19. The van der Waals surface area contributed by atoms with E-state index in [0.29, 0.717) is 12.1 Å². The zero-order valence-electron chi connectivity index (χ0n) is 10.4. The van der Waals surface area contributed by atoms with Crippen LogP contribution in [-0.2, 0) is 0 Å². The molecule has 3 nitrogen and oxygen atoms in total. The van der Waals surface area contributed by atoms with E-state index in [0.717, 1.165) is 5.69 Å². The topological polar surface area (TPSA) is 29.9 Å². The normalized spacial score (nSPS) is 10.2. The minimum Gasteiger partial charge on any atom is -0.762 e. The highest BCUT2D eigenvalue weighted by Gasteiger charge is 2.25. The van der Waals surface area contributed by atoms with Crippen molar-refractivity contribution in [1.29, 1.82) is 0 Å². The zero-order valence-corrected chi connectivity index (χ0v) is 10.4. The molecule has 0 atom stereocenters. The minimum absolute atomic E-state index is 0.457. The van der Waals surface area contributed by atoms with E-state index < -0.39 is 5.54 Å². The van der Waals surface area contributed by atoms with E-state index in [1.54, 1.807) is 0 Å². The second kappa shape index (κ2) is 5.34. The van der Waals surface area contributed by atoms with Gasteiger partial charge in [0.05, 0.1) is 6.42 Å². The molecule has 0 saturated carbocycles. The van der Waals surface area contributed by atoms with E-state index in [9.17, 15) is 5.41 Å². The quantitative estimate of drug-likeness (QED) is 0.572. The van der Waals surface area contributed by atoms with Gasteiger partial charge in [0.1, 0.15) is 0 Å². The predicted octanol–water partition coefficient (Wildman–Crippen LogP) is 3.33. The van der Waals surface area contributed by atoms with Gasteiger partial charge in [-0.15, -0.1) is 0 Å². The molecule has 0 aliphatic carbocycles. The van der Waals surface area contributed by atoms with Gasteiger partial charge < -0.3 is 15.2 Å². The van der Waals surface area contributed by atoms with Crippen molar-refractivity contribution >= 4 is 11.6 Å². The minimum atomic E-state index is -0.534. The molecule has 0 aromatic heterocycles. The van der Waals surface area contributed by atoms with E-state index in [2.05, 4.69) is 10.7 Å². The number of benzene rings is 1. The Morgan fingerprint density at radius 3 is 2.47 bits per heavy atom. The summed E-state index contributed by atoms with van der Waals surface area (Å²) in [5.41, 5.74) is 1.04. The molecule has 0 spiro atoms. The molecule has 1 aromatic carbocycles. The SMILES string of the molecule is [C-]#[N+]C(C)(C)CC(=C=[N-])N(C)c1ccccc1. The van der Waals surface area contributed by atoms with Crippen molar-refractivity contribution in [1.82, 2.24) is 0 Å². The molecule has 0 aliphatic rings. The Bertz CT molecular complexity index is 462. The molecule has 0 saturated heterocycles. The summed E-state index contributed by atoms with van der Waals surface area (Å²) in [6.07, 6.45) is 0.457. The third-order valence-electron chi connectivity index (χ3n) is 2.58. The van der Waals surface area contributed by atoms with Crippen LogP contribution in [0.4, 0.5) is 5.69 Å². The van der Waals surface area contributed by atoms with Crippen LogP contribution in [0.1, 0.15) is 20.3 Å². The van der Waals surface area contributed by atoms with Gasteiger partial charge in [-0.05, 0) is 12.1 Å². The van der Waals surface area contributed by atoms with Crippen molar-refractivity contribution in [3.05, 3.63) is 52.9 Å². The van der Waals surface area contributed by atoms with Crippen LogP contribution in [0.5, 0.6) is 0 Å². The van der Waals surface area contributed by atoms with Crippen LogP contribution in [0, 0.1) is 6.57 Å². The molecule has 0 amide bonds. The summed E-state index contributed by atoms with van der Waals surface area (Å²) in [7, 11) is 1.86. The van der Waals surface area contributed by atoms with Crippen LogP contribution < -0.4 is 4.90 Å². The summed E-state index contributed by atoms with van der Waals surface area (Å²) in [6.45, 7) is 10.8. The maximum Gasteiger partial charge on any atom is 0.233 e. The van der Waals surface area contributed by atoms with Crippen LogP contribution in [-0.4, -0.2) is 18.5 Å². The average Bonchev–Trinajstić information content (AvgIpc) is 2.36. The van der Waals surface area contributed by atoms with Gasteiger partial charge in [-0.1, -0.05) is 18.2 Å². The standard InChI is InChI=1S/C14H16N3/c1-14(2,16-3)10-13(11-15)17(4)12-8-6-5-7-9-12/h5-9H,10H2,1-2,4H3/q-1. The molecule has 88 valence electrons. The molecule has 0 fully saturated rings. The summed E-state index contributed by atoms with van der Waals surface area (Å²) in [4.78, 5) is 5.38. The maximum absolute atomic E-state index is 9.19. The lowest BCUT2D eigenvalue weighted by molar-refractivity contribution is 0.601. The second-order valence-corrected chi connectivity index (χ2v) is 4.55. The van der Waals surface area contributed by atoms with Gasteiger partial charge >= 0.3 is 0 Å². The third kappa shape index (κ3) is 3.48. The van der Waals surface area contributed by atoms with E-state index >= 15 is 0 Å². The lowest BCUT2D eigenvalue weighted by Crippen LogP contribution is -2.24. The summed E-state index contributed by atoms with van der Waals surface area (Å²) in [6, 6.07) is 9.69. The number of nitrogens with zero attached hydrogens (tertiary/aromatic N) is 3. The van der Waals surface area contributed by atoms with Crippen LogP contribution in [0.25, 0.3) is 10.3 Å². The molecular weight excluding hydrogens is 210 g/mol. The van der Waals surface area contributed by atoms with Crippen molar-refractivity contribution in [3.8, 4) is 0 Å². The Balaban J connectivity index is 2.92. The first-order valence-electron chi connectivity index (χ1n) is 5.43. The van der Waals surface area contributed by atoms with Gasteiger partial charge in [0, 0.05) is 32.3 Å². The summed E-state index contributed by atoms with van der Waals surface area (Å²) < 4.78 is 0. The van der Waals surface area contributed by atoms with Gasteiger partial charge in [-0.25, -0.2) is 12.4 Å². The van der Waals surface area contributed by atoms with Crippen LogP contribution in [0.3, 0.4) is 0 Å². The highest BCUT2D eigenvalue weighted by molar-refractivity contribution is 5.69. The van der Waals surface area contributed by atoms with Gasteiger partial charge in [-0.3, -0.25) is 0 Å². The first-order valence-corrected chi connectivity index (χ1v) is 5.43. The largest absolute Gasteiger partial charge is 0.762 e. The van der Waals surface area contributed by atoms with E-state index in [1.807, 2.05) is 56.1 Å². The fourth-order valence-corrected chi connectivity index (χ4v) is 1.49. The number of anilines is 1. The number of rotatable bonds is 4. The number of hydrogen-bond acceptors (Lipinski definition) is 1. The molecule has 3 heteroatoms. The Labute approximate surface area is 103 Å².